The molecule has 0 saturated heterocycles. The van der Waals surface area contributed by atoms with Crippen LogP contribution in [0.2, 0.25) is 0 Å². The van der Waals surface area contributed by atoms with Gasteiger partial charge in [-0.3, -0.25) is 0 Å². The Morgan fingerprint density at radius 1 is 0.725 bits per heavy atom. The molecular weight excluding hydrogens is 500 g/mol. The molecule has 1 unspecified atom stereocenters. The highest BCUT2D eigenvalue weighted by atomic mass is 16.5. The monoisotopic (exact) mass is 532 g/mol. The van der Waals surface area contributed by atoms with Crippen molar-refractivity contribution in [2.24, 2.45) is 5.73 Å². The van der Waals surface area contributed by atoms with E-state index in [1.54, 1.807) is 21.3 Å². The van der Waals surface area contributed by atoms with Crippen molar-refractivity contribution < 1.29 is 19.3 Å². The van der Waals surface area contributed by atoms with Crippen LogP contribution in [-0.2, 0) is 6.61 Å². The number of rotatable bonds is 6. The molecule has 40 heavy (non-hydrogen) atoms. The fourth-order valence-corrected chi connectivity index (χ4v) is 5.98. The van der Waals surface area contributed by atoms with Crippen molar-refractivity contribution in [3.05, 3.63) is 96.1 Å². The molecule has 1 atom stereocenters. The number of anilines is 1. The fraction of sp³-hybridized carbons (Fsp3) is 0.176. The van der Waals surface area contributed by atoms with Crippen LogP contribution in [0.25, 0.3) is 44.2 Å². The van der Waals surface area contributed by atoms with Crippen LogP contribution in [0.4, 0.5) is 5.69 Å². The van der Waals surface area contributed by atoms with Crippen LogP contribution >= 0.6 is 0 Å². The van der Waals surface area contributed by atoms with Crippen molar-refractivity contribution in [2.45, 2.75) is 12.8 Å². The standard InChI is InChI=1S/C34H32N2O4/c1-36-31-26(24-15-14-23(19-37)32(39-3)30(24)34(36)35)17-16-25-27(31)18-28(38-2)33(40-4)29(25)22-12-10-21(11-13-22)20-8-6-5-7-9-20/h5-18,34,37H,19,35H2,1-4H3. The first-order valence-corrected chi connectivity index (χ1v) is 13.2. The Labute approximate surface area is 234 Å². The fourth-order valence-electron chi connectivity index (χ4n) is 5.98. The number of aliphatic hydroxyl groups excluding tert-OH is 1. The minimum Gasteiger partial charge on any atom is -0.496 e. The summed E-state index contributed by atoms with van der Waals surface area (Å²) >= 11 is 0. The Kier molecular flexibility index (Phi) is 6.58. The van der Waals surface area contributed by atoms with Crippen LogP contribution in [0.5, 0.6) is 17.2 Å². The predicted octanol–water partition coefficient (Wildman–Crippen LogP) is 6.77. The quantitative estimate of drug-likeness (QED) is 0.251. The number of fused-ring (bicyclic) bond motifs is 5. The largest absolute Gasteiger partial charge is 0.496 e. The lowest BCUT2D eigenvalue weighted by molar-refractivity contribution is 0.273. The van der Waals surface area contributed by atoms with E-state index in [1.165, 1.54) is 5.56 Å². The third-order valence-corrected chi connectivity index (χ3v) is 7.93. The Balaban J connectivity index is 1.62. The lowest BCUT2D eigenvalue weighted by Gasteiger charge is -2.37. The summed E-state index contributed by atoms with van der Waals surface area (Å²) in [6.07, 6.45) is -0.476. The third-order valence-electron chi connectivity index (χ3n) is 7.93. The van der Waals surface area contributed by atoms with E-state index < -0.39 is 6.17 Å². The van der Waals surface area contributed by atoms with Gasteiger partial charge >= 0.3 is 0 Å². The van der Waals surface area contributed by atoms with Gasteiger partial charge in [0, 0.05) is 34.7 Å². The van der Waals surface area contributed by atoms with E-state index in [1.807, 2.05) is 43.4 Å². The molecular formula is C34H32N2O4. The van der Waals surface area contributed by atoms with E-state index in [2.05, 4.69) is 53.4 Å². The number of benzene rings is 5. The van der Waals surface area contributed by atoms with Gasteiger partial charge in [0.15, 0.2) is 11.5 Å². The second kappa shape index (κ2) is 10.2. The molecule has 1 aliphatic heterocycles. The second-order valence-electron chi connectivity index (χ2n) is 9.92. The van der Waals surface area contributed by atoms with E-state index in [9.17, 15) is 5.11 Å². The highest BCUT2D eigenvalue weighted by Crippen LogP contribution is 2.53. The number of ether oxygens (including phenoxy) is 3. The molecule has 5 aromatic carbocycles. The molecule has 0 amide bonds. The number of nitrogens with two attached hydrogens (primary N) is 1. The lowest BCUT2D eigenvalue weighted by atomic mass is 9.85. The smallest absolute Gasteiger partial charge is 0.169 e. The van der Waals surface area contributed by atoms with Gasteiger partial charge in [0.25, 0.3) is 0 Å². The van der Waals surface area contributed by atoms with E-state index in [0.717, 1.165) is 49.8 Å². The molecule has 1 heterocycles. The average Bonchev–Trinajstić information content (AvgIpc) is 3.01. The summed E-state index contributed by atoms with van der Waals surface area (Å²) in [4.78, 5) is 2.07. The van der Waals surface area contributed by atoms with Gasteiger partial charge in [-0.1, -0.05) is 78.9 Å². The molecule has 3 N–H and O–H groups in total. The summed E-state index contributed by atoms with van der Waals surface area (Å²) in [6, 6.07) is 29.1. The molecule has 0 bridgehead atoms. The summed E-state index contributed by atoms with van der Waals surface area (Å²) in [7, 11) is 6.94. The van der Waals surface area contributed by atoms with Gasteiger partial charge in [0.05, 0.1) is 33.6 Å². The van der Waals surface area contributed by atoms with Crippen LogP contribution < -0.4 is 24.8 Å². The Morgan fingerprint density at radius 3 is 2.02 bits per heavy atom. The molecule has 6 nitrogen and oxygen atoms in total. The number of hydrogen-bond donors (Lipinski definition) is 2. The third kappa shape index (κ3) is 3.87. The Bertz CT molecular complexity index is 1720. The van der Waals surface area contributed by atoms with Gasteiger partial charge in [-0.2, -0.15) is 0 Å². The minimum atomic E-state index is -0.476. The maximum Gasteiger partial charge on any atom is 0.169 e. The molecule has 1 aliphatic rings. The van der Waals surface area contributed by atoms with E-state index in [0.29, 0.717) is 22.8 Å². The van der Waals surface area contributed by atoms with Crippen molar-refractivity contribution in [2.75, 3.05) is 33.3 Å². The first-order valence-electron chi connectivity index (χ1n) is 13.2. The number of aliphatic hydroxyl groups is 1. The van der Waals surface area contributed by atoms with E-state index in [4.69, 9.17) is 19.9 Å². The topological polar surface area (TPSA) is 77.2 Å². The molecule has 5 aromatic rings. The van der Waals surface area contributed by atoms with Gasteiger partial charge in [-0.05, 0) is 33.7 Å². The van der Waals surface area contributed by atoms with Gasteiger partial charge in [0.2, 0.25) is 0 Å². The van der Waals surface area contributed by atoms with E-state index in [-0.39, 0.29) is 6.61 Å². The summed E-state index contributed by atoms with van der Waals surface area (Å²) in [5.74, 6) is 1.95. The van der Waals surface area contributed by atoms with Crippen LogP contribution in [0.1, 0.15) is 17.3 Å². The molecule has 0 saturated carbocycles. The van der Waals surface area contributed by atoms with Crippen molar-refractivity contribution in [1.29, 1.82) is 0 Å². The van der Waals surface area contributed by atoms with Crippen molar-refractivity contribution in [3.8, 4) is 50.6 Å². The number of methoxy groups -OCH3 is 3. The molecule has 0 radical (unpaired) electrons. The lowest BCUT2D eigenvalue weighted by Crippen LogP contribution is -2.35. The van der Waals surface area contributed by atoms with Crippen LogP contribution in [0, 0.1) is 0 Å². The van der Waals surface area contributed by atoms with Crippen LogP contribution in [0.3, 0.4) is 0 Å². The van der Waals surface area contributed by atoms with Gasteiger partial charge in [0.1, 0.15) is 11.9 Å². The van der Waals surface area contributed by atoms with Gasteiger partial charge in [-0.15, -0.1) is 0 Å². The summed E-state index contributed by atoms with van der Waals surface area (Å²) in [5, 5.41) is 11.9. The summed E-state index contributed by atoms with van der Waals surface area (Å²) in [6.45, 7) is -0.124. The second-order valence-corrected chi connectivity index (χ2v) is 9.92. The first-order chi connectivity index (χ1) is 19.5. The zero-order valence-electron chi connectivity index (χ0n) is 23.1. The van der Waals surface area contributed by atoms with Crippen LogP contribution in [-0.4, -0.2) is 33.5 Å². The van der Waals surface area contributed by atoms with Crippen molar-refractivity contribution in [3.63, 3.8) is 0 Å². The predicted molar refractivity (Wildman–Crippen MR) is 161 cm³/mol. The van der Waals surface area contributed by atoms with Crippen LogP contribution in [0.15, 0.2) is 84.9 Å². The van der Waals surface area contributed by atoms with Crippen molar-refractivity contribution in [1.82, 2.24) is 0 Å². The maximum absolute atomic E-state index is 9.91. The molecule has 0 aliphatic carbocycles. The normalized spacial score (nSPS) is 14.1. The molecule has 0 spiro atoms. The maximum atomic E-state index is 9.91. The minimum absolute atomic E-state index is 0.124. The number of nitrogens with zero attached hydrogens (tertiary/aromatic N) is 1. The summed E-state index contributed by atoms with van der Waals surface area (Å²) < 4.78 is 17.5. The first kappa shape index (κ1) is 25.7. The SMILES string of the molecule is COc1cc2c3c(ccc2c(-c2ccc(-c4ccccc4)cc2)c1OC)-c1ccc(CO)c(OC)c1C(N)N3C. The molecule has 6 heteroatoms. The zero-order chi connectivity index (χ0) is 28.0. The Hall–Kier alpha value is -4.52. The van der Waals surface area contributed by atoms with Gasteiger partial charge in [-0.25, -0.2) is 0 Å². The van der Waals surface area contributed by atoms with Gasteiger partial charge < -0.3 is 30.0 Å². The molecule has 6 rings (SSSR count). The van der Waals surface area contributed by atoms with Crippen molar-refractivity contribution >= 4 is 16.5 Å². The highest BCUT2D eigenvalue weighted by molar-refractivity contribution is 6.12. The molecule has 202 valence electrons. The molecule has 0 aromatic heterocycles. The zero-order valence-corrected chi connectivity index (χ0v) is 23.1. The van der Waals surface area contributed by atoms with E-state index >= 15 is 0 Å². The summed E-state index contributed by atoms with van der Waals surface area (Å²) in [5.41, 5.74) is 15.7. The highest BCUT2D eigenvalue weighted by Gasteiger charge is 2.33. The molecule has 0 fully saturated rings. The number of hydrogen-bond acceptors (Lipinski definition) is 6. The average molecular weight is 533 g/mol. The Morgan fingerprint density at radius 2 is 1.38 bits per heavy atom.